The molecule has 0 bridgehead atoms. The number of aliphatic imine (C=N–C) groups is 1. The molecule has 1 aromatic heterocycles. The molecule has 0 aliphatic rings. The minimum atomic E-state index is -3.03. The van der Waals surface area contributed by atoms with Crippen molar-refractivity contribution < 1.29 is 17.2 Å². The maximum Gasteiger partial charge on any atom is 0.319 e. The fourth-order valence-electron chi connectivity index (χ4n) is 1.81. The van der Waals surface area contributed by atoms with E-state index in [1.165, 1.54) is 18.6 Å². The Balaban J connectivity index is 2.67. The molecule has 0 aliphatic heterocycles. The predicted molar refractivity (Wildman–Crippen MR) is 85.2 cm³/mol. The standard InChI is InChI=1S/C13H23F2N5O2S/c1-4-16-13(19-10(2)5-8-23(3,21)22)18-9-11-17-6-7-20(11)12(14)15/h6-7,10,12H,4-5,8-9H2,1-3H3,(H2,16,18,19). The molecular weight excluding hydrogens is 328 g/mol. The highest BCUT2D eigenvalue weighted by atomic mass is 32.2. The van der Waals surface area contributed by atoms with Crippen molar-refractivity contribution in [2.75, 3.05) is 18.6 Å². The predicted octanol–water partition coefficient (Wildman–Crippen LogP) is 1.16. The number of guanidine groups is 1. The topological polar surface area (TPSA) is 88.4 Å². The maximum atomic E-state index is 12.7. The summed E-state index contributed by atoms with van der Waals surface area (Å²) in [5, 5.41) is 6.04. The number of nitrogens with zero attached hydrogens (tertiary/aromatic N) is 3. The highest BCUT2D eigenvalue weighted by Crippen LogP contribution is 2.12. The zero-order valence-corrected chi connectivity index (χ0v) is 14.3. The van der Waals surface area contributed by atoms with Crippen molar-refractivity contribution in [3.63, 3.8) is 0 Å². The van der Waals surface area contributed by atoms with E-state index in [4.69, 9.17) is 0 Å². The van der Waals surface area contributed by atoms with Gasteiger partial charge in [-0.05, 0) is 20.3 Å². The van der Waals surface area contributed by atoms with E-state index in [-0.39, 0.29) is 24.2 Å². The smallest absolute Gasteiger partial charge is 0.319 e. The first-order valence-corrected chi connectivity index (χ1v) is 9.31. The van der Waals surface area contributed by atoms with Crippen LogP contribution >= 0.6 is 0 Å². The molecule has 1 atom stereocenters. The van der Waals surface area contributed by atoms with Crippen LogP contribution < -0.4 is 10.6 Å². The summed E-state index contributed by atoms with van der Waals surface area (Å²) in [4.78, 5) is 8.07. The van der Waals surface area contributed by atoms with Crippen molar-refractivity contribution in [2.24, 2.45) is 4.99 Å². The lowest BCUT2D eigenvalue weighted by Gasteiger charge is -2.17. The van der Waals surface area contributed by atoms with Gasteiger partial charge in [-0.2, -0.15) is 8.78 Å². The summed E-state index contributed by atoms with van der Waals surface area (Å²) in [7, 11) is -3.03. The van der Waals surface area contributed by atoms with Crippen LogP contribution in [0.25, 0.3) is 0 Å². The van der Waals surface area contributed by atoms with Gasteiger partial charge in [0.2, 0.25) is 0 Å². The summed E-state index contributed by atoms with van der Waals surface area (Å²) in [6.45, 7) is 1.63. The second-order valence-corrected chi connectivity index (χ2v) is 7.45. The van der Waals surface area contributed by atoms with Gasteiger partial charge < -0.3 is 10.6 Å². The number of rotatable bonds is 8. The van der Waals surface area contributed by atoms with Crippen LogP contribution in [0.4, 0.5) is 8.78 Å². The number of hydrogen-bond donors (Lipinski definition) is 2. The molecule has 0 spiro atoms. The Morgan fingerprint density at radius 1 is 1.48 bits per heavy atom. The van der Waals surface area contributed by atoms with Crippen LogP contribution in [0.2, 0.25) is 0 Å². The third kappa shape index (κ3) is 7.40. The highest BCUT2D eigenvalue weighted by molar-refractivity contribution is 7.90. The van der Waals surface area contributed by atoms with E-state index < -0.39 is 16.4 Å². The van der Waals surface area contributed by atoms with Gasteiger partial charge in [0.1, 0.15) is 22.2 Å². The fourth-order valence-corrected chi connectivity index (χ4v) is 2.59. The molecule has 132 valence electrons. The second kappa shape index (κ2) is 8.80. The maximum absolute atomic E-state index is 12.7. The Labute approximate surface area is 135 Å². The van der Waals surface area contributed by atoms with E-state index in [0.717, 1.165) is 4.57 Å². The average molecular weight is 351 g/mol. The van der Waals surface area contributed by atoms with Crippen LogP contribution in [0.3, 0.4) is 0 Å². The van der Waals surface area contributed by atoms with Crippen molar-refractivity contribution in [1.82, 2.24) is 20.2 Å². The van der Waals surface area contributed by atoms with Gasteiger partial charge in [-0.1, -0.05) is 0 Å². The van der Waals surface area contributed by atoms with Crippen molar-refractivity contribution in [2.45, 2.75) is 39.4 Å². The van der Waals surface area contributed by atoms with E-state index >= 15 is 0 Å². The molecule has 0 saturated heterocycles. The van der Waals surface area contributed by atoms with E-state index in [0.29, 0.717) is 18.9 Å². The van der Waals surface area contributed by atoms with Gasteiger partial charge >= 0.3 is 6.55 Å². The summed E-state index contributed by atoms with van der Waals surface area (Å²) >= 11 is 0. The first-order chi connectivity index (χ1) is 10.7. The highest BCUT2D eigenvalue weighted by Gasteiger charge is 2.12. The number of alkyl halides is 2. The third-order valence-electron chi connectivity index (χ3n) is 2.99. The minimum Gasteiger partial charge on any atom is -0.357 e. The number of nitrogens with one attached hydrogen (secondary N) is 2. The summed E-state index contributed by atoms with van der Waals surface area (Å²) in [6, 6.07) is -0.127. The summed E-state index contributed by atoms with van der Waals surface area (Å²) in [5.74, 6) is 0.648. The van der Waals surface area contributed by atoms with Gasteiger partial charge in [0.15, 0.2) is 5.96 Å². The first-order valence-electron chi connectivity index (χ1n) is 7.25. The molecule has 23 heavy (non-hydrogen) atoms. The summed E-state index contributed by atoms with van der Waals surface area (Å²) in [5.41, 5.74) is 0. The SMILES string of the molecule is CCNC(=NCc1nccn1C(F)F)NC(C)CCS(C)(=O)=O. The van der Waals surface area contributed by atoms with Crippen LogP contribution in [-0.4, -0.2) is 48.5 Å². The largest absolute Gasteiger partial charge is 0.357 e. The van der Waals surface area contributed by atoms with Crippen LogP contribution in [0.5, 0.6) is 0 Å². The van der Waals surface area contributed by atoms with Crippen LogP contribution in [0.15, 0.2) is 17.4 Å². The van der Waals surface area contributed by atoms with Gasteiger partial charge in [0.25, 0.3) is 0 Å². The van der Waals surface area contributed by atoms with Crippen LogP contribution in [0.1, 0.15) is 32.6 Å². The zero-order valence-electron chi connectivity index (χ0n) is 13.5. The molecular formula is C13H23F2N5O2S. The van der Waals surface area contributed by atoms with E-state index in [2.05, 4.69) is 20.6 Å². The Bertz CT molecular complexity index is 616. The normalized spacial score (nSPS) is 14.1. The number of imidazole rings is 1. The summed E-state index contributed by atoms with van der Waals surface area (Å²) in [6.07, 6.45) is 4.11. The van der Waals surface area contributed by atoms with Crippen molar-refractivity contribution in [3.8, 4) is 0 Å². The Morgan fingerprint density at radius 2 is 2.17 bits per heavy atom. The molecule has 7 nitrogen and oxygen atoms in total. The van der Waals surface area contributed by atoms with E-state index in [9.17, 15) is 17.2 Å². The van der Waals surface area contributed by atoms with Gasteiger partial charge in [0, 0.05) is 31.2 Å². The quantitative estimate of drug-likeness (QED) is 0.542. The van der Waals surface area contributed by atoms with Gasteiger partial charge in [0.05, 0.1) is 5.75 Å². The molecule has 0 aromatic carbocycles. The van der Waals surface area contributed by atoms with Gasteiger partial charge in [-0.3, -0.25) is 4.57 Å². The Kier molecular flexibility index (Phi) is 7.40. The molecule has 10 heteroatoms. The monoisotopic (exact) mass is 351 g/mol. The lowest BCUT2D eigenvalue weighted by atomic mass is 10.3. The Morgan fingerprint density at radius 3 is 2.74 bits per heavy atom. The molecule has 0 aliphatic carbocycles. The number of aromatic nitrogens is 2. The fraction of sp³-hybridized carbons (Fsp3) is 0.692. The van der Waals surface area contributed by atoms with Gasteiger partial charge in [-0.15, -0.1) is 0 Å². The Hall–Kier alpha value is -1.71. The first kappa shape index (κ1) is 19.3. The zero-order chi connectivity index (χ0) is 17.5. The number of hydrogen-bond acceptors (Lipinski definition) is 4. The van der Waals surface area contributed by atoms with Crippen molar-refractivity contribution in [1.29, 1.82) is 0 Å². The molecule has 1 aromatic rings. The number of halogens is 2. The number of sulfone groups is 1. The molecule has 0 fully saturated rings. The lowest BCUT2D eigenvalue weighted by molar-refractivity contribution is 0.0671. The molecule has 0 radical (unpaired) electrons. The summed E-state index contributed by atoms with van der Waals surface area (Å²) < 4.78 is 48.6. The molecule has 0 amide bonds. The molecule has 1 unspecified atom stereocenters. The molecule has 2 N–H and O–H groups in total. The van der Waals surface area contributed by atoms with E-state index in [1.54, 1.807) is 0 Å². The van der Waals surface area contributed by atoms with Gasteiger partial charge in [-0.25, -0.2) is 18.4 Å². The van der Waals surface area contributed by atoms with Crippen molar-refractivity contribution in [3.05, 3.63) is 18.2 Å². The lowest BCUT2D eigenvalue weighted by Crippen LogP contribution is -2.42. The van der Waals surface area contributed by atoms with Crippen molar-refractivity contribution >= 4 is 15.8 Å². The van der Waals surface area contributed by atoms with E-state index in [1.807, 2.05) is 13.8 Å². The molecule has 1 rings (SSSR count). The van der Waals surface area contributed by atoms with Crippen LogP contribution in [-0.2, 0) is 16.4 Å². The molecule has 0 saturated carbocycles. The third-order valence-corrected chi connectivity index (χ3v) is 3.96. The average Bonchev–Trinajstić information content (AvgIpc) is 2.90. The second-order valence-electron chi connectivity index (χ2n) is 5.19. The molecule has 1 heterocycles. The van der Waals surface area contributed by atoms with Crippen LogP contribution in [0, 0.1) is 0 Å². The minimum absolute atomic E-state index is 0.00846.